The highest BCUT2D eigenvalue weighted by molar-refractivity contribution is 7.99. The molecule has 0 heterocycles. The molecule has 2 aromatic carbocycles. The standard InChI is InChI=1S/C20H23ClN2O2S/c1-2-3-11-25-19-9-7-16(8-10-19)13-22-23-20(24)15-26-14-17-5-4-6-18(21)12-17/h4-10,12-13H,2-3,11,14-15H2,1H3,(H,23,24)/b22-13-. The van der Waals surface area contributed by atoms with Crippen LogP contribution >= 0.6 is 23.4 Å². The first-order valence-corrected chi connectivity index (χ1v) is 10.1. The fourth-order valence-corrected chi connectivity index (χ4v) is 3.06. The number of nitrogens with zero attached hydrogens (tertiary/aromatic N) is 1. The third kappa shape index (κ3) is 7.93. The van der Waals surface area contributed by atoms with E-state index < -0.39 is 0 Å². The zero-order chi connectivity index (χ0) is 18.6. The smallest absolute Gasteiger partial charge is 0.250 e. The van der Waals surface area contributed by atoms with Crippen molar-refractivity contribution in [1.82, 2.24) is 5.43 Å². The highest BCUT2D eigenvalue weighted by Gasteiger charge is 2.01. The highest BCUT2D eigenvalue weighted by atomic mass is 35.5. The Morgan fingerprint density at radius 2 is 2.08 bits per heavy atom. The third-order valence-electron chi connectivity index (χ3n) is 3.44. The van der Waals surface area contributed by atoms with Gasteiger partial charge in [-0.25, -0.2) is 5.43 Å². The maximum Gasteiger partial charge on any atom is 0.250 e. The number of nitrogens with one attached hydrogen (secondary N) is 1. The summed E-state index contributed by atoms with van der Waals surface area (Å²) in [5, 5.41) is 4.69. The summed E-state index contributed by atoms with van der Waals surface area (Å²) in [6, 6.07) is 15.3. The number of carbonyl (C=O) groups is 1. The van der Waals surface area contributed by atoms with Crippen LogP contribution in [0.15, 0.2) is 53.6 Å². The van der Waals surface area contributed by atoms with Crippen LogP contribution in [0.1, 0.15) is 30.9 Å². The molecule has 0 radical (unpaired) electrons. The average molecular weight is 391 g/mol. The minimum atomic E-state index is -0.132. The molecule has 2 rings (SSSR count). The number of amides is 1. The molecular weight excluding hydrogens is 368 g/mol. The summed E-state index contributed by atoms with van der Waals surface area (Å²) in [4.78, 5) is 11.8. The Labute approximate surface area is 164 Å². The molecule has 0 aromatic heterocycles. The molecule has 0 aliphatic carbocycles. The van der Waals surface area contributed by atoms with Gasteiger partial charge < -0.3 is 4.74 Å². The lowest BCUT2D eigenvalue weighted by Gasteiger charge is -2.05. The largest absolute Gasteiger partial charge is 0.494 e. The Kier molecular flexibility index (Phi) is 9.07. The second-order valence-corrected chi connectivity index (χ2v) is 7.11. The van der Waals surface area contributed by atoms with Crippen LogP contribution in [-0.4, -0.2) is 24.5 Å². The maximum atomic E-state index is 11.8. The number of ether oxygens (including phenoxy) is 1. The number of carbonyl (C=O) groups excluding carboxylic acids is 1. The van der Waals surface area contributed by atoms with Gasteiger partial charge in [0.05, 0.1) is 18.6 Å². The quantitative estimate of drug-likeness (QED) is 0.356. The summed E-state index contributed by atoms with van der Waals surface area (Å²) in [5.41, 5.74) is 4.54. The number of rotatable bonds is 10. The van der Waals surface area contributed by atoms with E-state index in [1.165, 1.54) is 11.8 Å². The molecule has 0 spiro atoms. The van der Waals surface area contributed by atoms with Crippen LogP contribution in [-0.2, 0) is 10.5 Å². The van der Waals surface area contributed by atoms with Gasteiger partial charge in [-0.15, -0.1) is 11.8 Å². The van der Waals surface area contributed by atoms with E-state index in [1.54, 1.807) is 6.21 Å². The van der Waals surface area contributed by atoms with E-state index in [2.05, 4.69) is 17.5 Å². The molecule has 0 saturated carbocycles. The van der Waals surface area contributed by atoms with Gasteiger partial charge in [0.2, 0.25) is 5.91 Å². The molecule has 0 unspecified atom stereocenters. The van der Waals surface area contributed by atoms with E-state index in [1.807, 2.05) is 48.5 Å². The molecule has 0 atom stereocenters. The van der Waals surface area contributed by atoms with Crippen molar-refractivity contribution >= 4 is 35.5 Å². The zero-order valence-corrected chi connectivity index (χ0v) is 16.4. The van der Waals surface area contributed by atoms with Crippen molar-refractivity contribution in [3.05, 3.63) is 64.7 Å². The lowest BCUT2D eigenvalue weighted by atomic mass is 10.2. The van der Waals surface area contributed by atoms with Crippen molar-refractivity contribution in [2.24, 2.45) is 5.10 Å². The van der Waals surface area contributed by atoms with Gasteiger partial charge in [-0.1, -0.05) is 37.1 Å². The summed E-state index contributed by atoms with van der Waals surface area (Å²) in [7, 11) is 0. The molecule has 2 aromatic rings. The highest BCUT2D eigenvalue weighted by Crippen LogP contribution is 2.16. The normalized spacial score (nSPS) is 10.8. The molecule has 6 heteroatoms. The van der Waals surface area contributed by atoms with Crippen LogP contribution in [0.5, 0.6) is 5.75 Å². The summed E-state index contributed by atoms with van der Waals surface area (Å²) in [5.74, 6) is 1.79. The number of unbranched alkanes of at least 4 members (excludes halogenated alkanes) is 1. The topological polar surface area (TPSA) is 50.7 Å². The Balaban J connectivity index is 1.67. The molecular formula is C20H23ClN2O2S. The fourth-order valence-electron chi connectivity index (χ4n) is 2.08. The van der Waals surface area contributed by atoms with Crippen LogP contribution in [0.4, 0.5) is 0 Å². The van der Waals surface area contributed by atoms with Gasteiger partial charge in [0.15, 0.2) is 0 Å². The molecule has 0 saturated heterocycles. The molecule has 0 aliphatic heterocycles. The minimum Gasteiger partial charge on any atom is -0.494 e. The molecule has 0 aliphatic rings. The summed E-state index contributed by atoms with van der Waals surface area (Å²) in [6.07, 6.45) is 3.78. The van der Waals surface area contributed by atoms with E-state index >= 15 is 0 Å². The second kappa shape index (κ2) is 11.6. The Hall–Kier alpha value is -1.98. The number of halogens is 1. The predicted molar refractivity (Wildman–Crippen MR) is 110 cm³/mol. The molecule has 26 heavy (non-hydrogen) atoms. The van der Waals surface area contributed by atoms with Gasteiger partial charge in [0.1, 0.15) is 5.75 Å². The van der Waals surface area contributed by atoms with Crippen LogP contribution in [0.2, 0.25) is 5.02 Å². The average Bonchev–Trinajstić information content (AvgIpc) is 2.63. The lowest BCUT2D eigenvalue weighted by Crippen LogP contribution is -2.19. The number of hydrogen-bond donors (Lipinski definition) is 1. The first kappa shape index (κ1) is 20.3. The Morgan fingerprint density at radius 3 is 2.81 bits per heavy atom. The molecule has 138 valence electrons. The summed E-state index contributed by atoms with van der Waals surface area (Å²) >= 11 is 7.46. The molecule has 4 nitrogen and oxygen atoms in total. The van der Waals surface area contributed by atoms with E-state index in [0.29, 0.717) is 10.8 Å². The van der Waals surface area contributed by atoms with E-state index in [-0.39, 0.29) is 5.91 Å². The van der Waals surface area contributed by atoms with Crippen LogP contribution < -0.4 is 10.2 Å². The van der Waals surface area contributed by atoms with Gasteiger partial charge in [-0.2, -0.15) is 5.10 Å². The Morgan fingerprint density at radius 1 is 1.27 bits per heavy atom. The van der Waals surface area contributed by atoms with Gasteiger partial charge in [0.25, 0.3) is 0 Å². The summed E-state index contributed by atoms with van der Waals surface area (Å²) < 4.78 is 5.61. The first-order valence-electron chi connectivity index (χ1n) is 8.54. The van der Waals surface area contributed by atoms with Crippen molar-refractivity contribution in [3.63, 3.8) is 0 Å². The second-order valence-electron chi connectivity index (χ2n) is 5.69. The molecule has 1 amide bonds. The SMILES string of the molecule is CCCCOc1ccc(/C=N\NC(=O)CSCc2cccc(Cl)c2)cc1. The van der Waals surface area contributed by atoms with E-state index in [4.69, 9.17) is 16.3 Å². The molecule has 0 bridgehead atoms. The Bertz CT molecular complexity index is 720. The maximum absolute atomic E-state index is 11.8. The zero-order valence-electron chi connectivity index (χ0n) is 14.8. The lowest BCUT2D eigenvalue weighted by molar-refractivity contribution is -0.118. The minimum absolute atomic E-state index is 0.132. The van der Waals surface area contributed by atoms with Crippen LogP contribution in [0.25, 0.3) is 0 Å². The van der Waals surface area contributed by atoms with E-state index in [9.17, 15) is 4.79 Å². The van der Waals surface area contributed by atoms with E-state index in [0.717, 1.165) is 42.1 Å². The fraction of sp³-hybridized carbons (Fsp3) is 0.300. The van der Waals surface area contributed by atoms with Crippen molar-refractivity contribution in [1.29, 1.82) is 0 Å². The molecule has 0 fully saturated rings. The van der Waals surface area contributed by atoms with Gasteiger partial charge in [-0.3, -0.25) is 4.79 Å². The van der Waals surface area contributed by atoms with Crippen molar-refractivity contribution < 1.29 is 9.53 Å². The van der Waals surface area contributed by atoms with Gasteiger partial charge in [0, 0.05) is 10.8 Å². The number of hydrazone groups is 1. The van der Waals surface area contributed by atoms with Gasteiger partial charge in [-0.05, 0) is 53.9 Å². The summed E-state index contributed by atoms with van der Waals surface area (Å²) in [6.45, 7) is 2.86. The van der Waals surface area contributed by atoms with Crippen LogP contribution in [0, 0.1) is 0 Å². The molecule has 1 N–H and O–H groups in total. The van der Waals surface area contributed by atoms with Crippen molar-refractivity contribution in [3.8, 4) is 5.75 Å². The monoisotopic (exact) mass is 390 g/mol. The number of benzene rings is 2. The first-order chi connectivity index (χ1) is 12.7. The third-order valence-corrected chi connectivity index (χ3v) is 4.68. The predicted octanol–water partition coefficient (Wildman–Crippen LogP) is 4.90. The number of thioether (sulfide) groups is 1. The van der Waals surface area contributed by atoms with Crippen molar-refractivity contribution in [2.75, 3.05) is 12.4 Å². The van der Waals surface area contributed by atoms with Crippen LogP contribution in [0.3, 0.4) is 0 Å². The van der Waals surface area contributed by atoms with Gasteiger partial charge >= 0.3 is 0 Å². The van der Waals surface area contributed by atoms with Crippen molar-refractivity contribution in [2.45, 2.75) is 25.5 Å². The number of hydrogen-bond acceptors (Lipinski definition) is 4.